The molecular formula is C20H18N4O3. The molecule has 3 aromatic rings. The van der Waals surface area contributed by atoms with Crippen LogP contribution in [0.1, 0.15) is 15.9 Å². The minimum Gasteiger partial charge on any atom is -0.465 e. The summed E-state index contributed by atoms with van der Waals surface area (Å²) in [5.41, 5.74) is 3.10. The van der Waals surface area contributed by atoms with Gasteiger partial charge in [0, 0.05) is 25.2 Å². The second-order valence-corrected chi connectivity index (χ2v) is 7.13. The van der Waals surface area contributed by atoms with Gasteiger partial charge in [-0.05, 0) is 11.6 Å². The van der Waals surface area contributed by atoms with Crippen molar-refractivity contribution >= 4 is 23.0 Å². The Morgan fingerprint density at radius 2 is 2.04 bits per heavy atom. The number of fused-ring (bicyclic) bond motifs is 2. The number of amides is 1. The fourth-order valence-electron chi connectivity index (χ4n) is 3.91. The van der Waals surface area contributed by atoms with Crippen molar-refractivity contribution in [2.75, 3.05) is 19.7 Å². The van der Waals surface area contributed by atoms with Crippen molar-refractivity contribution in [2.45, 2.75) is 6.54 Å². The van der Waals surface area contributed by atoms with Gasteiger partial charge in [-0.15, -0.1) is 0 Å². The average molecular weight is 362 g/mol. The Hall–Kier alpha value is -3.22. The molecule has 136 valence electrons. The first-order valence-corrected chi connectivity index (χ1v) is 9.00. The molecule has 1 aromatic carbocycles. The minimum atomic E-state index is -0.191. The van der Waals surface area contributed by atoms with Crippen molar-refractivity contribution < 1.29 is 14.3 Å². The highest BCUT2D eigenvalue weighted by Crippen LogP contribution is 2.31. The maximum absolute atomic E-state index is 12.8. The summed E-state index contributed by atoms with van der Waals surface area (Å²) in [6.07, 6.45) is 3.34. The van der Waals surface area contributed by atoms with Crippen LogP contribution in [0.2, 0.25) is 0 Å². The molecule has 0 saturated carbocycles. The molecule has 2 saturated heterocycles. The summed E-state index contributed by atoms with van der Waals surface area (Å²) in [7, 11) is 0. The van der Waals surface area contributed by atoms with Crippen LogP contribution >= 0.6 is 0 Å². The van der Waals surface area contributed by atoms with Gasteiger partial charge in [0.2, 0.25) is 0 Å². The van der Waals surface area contributed by atoms with E-state index in [1.165, 1.54) is 0 Å². The highest BCUT2D eigenvalue weighted by Gasteiger charge is 2.45. The molecule has 7 heteroatoms. The number of carbonyl (C=O) groups excluding carboxylic acids is 2. The predicted octanol–water partition coefficient (Wildman–Crippen LogP) is 1.72. The number of benzene rings is 1. The highest BCUT2D eigenvalue weighted by molar-refractivity contribution is 5.97. The van der Waals surface area contributed by atoms with E-state index < -0.39 is 0 Å². The van der Waals surface area contributed by atoms with Crippen molar-refractivity contribution in [3.05, 3.63) is 60.0 Å². The van der Waals surface area contributed by atoms with Crippen molar-refractivity contribution in [2.24, 2.45) is 11.8 Å². The van der Waals surface area contributed by atoms with E-state index in [1.54, 1.807) is 23.5 Å². The minimum absolute atomic E-state index is 0.107. The van der Waals surface area contributed by atoms with Crippen LogP contribution < -0.4 is 0 Å². The molecule has 0 bridgehead atoms. The van der Waals surface area contributed by atoms with E-state index in [0.29, 0.717) is 37.3 Å². The van der Waals surface area contributed by atoms with Gasteiger partial charge >= 0.3 is 5.97 Å². The van der Waals surface area contributed by atoms with Crippen LogP contribution in [0.3, 0.4) is 0 Å². The normalized spacial score (nSPS) is 21.5. The second kappa shape index (κ2) is 6.19. The van der Waals surface area contributed by atoms with Gasteiger partial charge in [0.15, 0.2) is 5.65 Å². The van der Waals surface area contributed by atoms with Gasteiger partial charge in [0.05, 0.1) is 31.0 Å². The topological polar surface area (TPSA) is 77.3 Å². The van der Waals surface area contributed by atoms with E-state index in [2.05, 4.69) is 22.1 Å². The lowest BCUT2D eigenvalue weighted by molar-refractivity contribution is -0.141. The molecule has 0 aliphatic carbocycles. The molecule has 2 aromatic heterocycles. The van der Waals surface area contributed by atoms with Gasteiger partial charge in [-0.2, -0.15) is 0 Å². The number of ether oxygens (including phenoxy) is 1. The number of cyclic esters (lactones) is 1. The van der Waals surface area contributed by atoms with E-state index in [-0.39, 0.29) is 23.7 Å². The first-order chi connectivity index (χ1) is 13.2. The van der Waals surface area contributed by atoms with E-state index in [0.717, 1.165) is 11.2 Å². The quantitative estimate of drug-likeness (QED) is 0.663. The second-order valence-electron chi connectivity index (χ2n) is 7.13. The molecule has 2 aliphatic rings. The number of pyridine rings is 1. The van der Waals surface area contributed by atoms with Crippen molar-refractivity contribution in [3.63, 3.8) is 0 Å². The Morgan fingerprint density at radius 3 is 2.85 bits per heavy atom. The molecule has 2 fully saturated rings. The number of hydrogen-bond acceptors (Lipinski definition) is 5. The van der Waals surface area contributed by atoms with E-state index in [4.69, 9.17) is 4.74 Å². The summed E-state index contributed by atoms with van der Waals surface area (Å²) in [5, 5.41) is 0. The number of hydrogen-bond donors (Lipinski definition) is 0. The van der Waals surface area contributed by atoms with Crippen molar-refractivity contribution in [3.8, 4) is 0 Å². The summed E-state index contributed by atoms with van der Waals surface area (Å²) in [4.78, 5) is 35.1. The third kappa shape index (κ3) is 2.75. The SMILES string of the molecule is O=C1OC[C@H]2CN(C(=O)c3cnc4c(c3)ncn4Cc3ccccc3)C[C@@H]12. The van der Waals surface area contributed by atoms with Crippen molar-refractivity contribution in [1.29, 1.82) is 0 Å². The lowest BCUT2D eigenvalue weighted by Gasteiger charge is -2.17. The summed E-state index contributed by atoms with van der Waals surface area (Å²) < 4.78 is 7.03. The lowest BCUT2D eigenvalue weighted by Crippen LogP contribution is -2.31. The molecule has 0 spiro atoms. The molecule has 0 N–H and O–H groups in total. The lowest BCUT2D eigenvalue weighted by atomic mass is 10.0. The first kappa shape index (κ1) is 16.0. The maximum Gasteiger partial charge on any atom is 0.311 e. The molecule has 7 nitrogen and oxygen atoms in total. The third-order valence-corrected chi connectivity index (χ3v) is 5.37. The van der Waals surface area contributed by atoms with Gasteiger partial charge in [-0.25, -0.2) is 9.97 Å². The molecule has 2 atom stereocenters. The Balaban J connectivity index is 1.37. The number of aromatic nitrogens is 3. The van der Waals surface area contributed by atoms with Gasteiger partial charge < -0.3 is 14.2 Å². The molecule has 1 amide bonds. The standard InChI is InChI=1S/C20H18N4O3/c25-19(23-9-15-11-27-20(26)16(15)10-23)14-6-17-18(21-7-14)24(12-22-17)8-13-4-2-1-3-5-13/h1-7,12,15-16H,8-11H2/t15-,16-/m1/s1. The zero-order valence-corrected chi connectivity index (χ0v) is 14.6. The van der Waals surface area contributed by atoms with E-state index in [9.17, 15) is 9.59 Å². The monoisotopic (exact) mass is 362 g/mol. The van der Waals surface area contributed by atoms with Gasteiger partial charge in [-0.1, -0.05) is 30.3 Å². The zero-order chi connectivity index (χ0) is 18.4. The van der Waals surface area contributed by atoms with Crippen LogP contribution in [0.4, 0.5) is 0 Å². The van der Waals surface area contributed by atoms with Crippen LogP contribution in [0.5, 0.6) is 0 Å². The smallest absolute Gasteiger partial charge is 0.311 e. The van der Waals surface area contributed by atoms with Crippen LogP contribution in [-0.4, -0.2) is 51.0 Å². The molecule has 4 heterocycles. The van der Waals surface area contributed by atoms with Gasteiger partial charge in [0.25, 0.3) is 5.91 Å². The summed E-state index contributed by atoms with van der Waals surface area (Å²) in [6, 6.07) is 11.9. The van der Waals surface area contributed by atoms with E-state index >= 15 is 0 Å². The Morgan fingerprint density at radius 1 is 1.19 bits per heavy atom. The highest BCUT2D eigenvalue weighted by atomic mass is 16.5. The Bertz CT molecular complexity index is 1030. The number of imidazole rings is 1. The number of carbonyl (C=O) groups is 2. The van der Waals surface area contributed by atoms with Crippen LogP contribution in [0.25, 0.3) is 11.2 Å². The zero-order valence-electron chi connectivity index (χ0n) is 14.6. The molecular weight excluding hydrogens is 344 g/mol. The molecule has 2 aliphatic heterocycles. The first-order valence-electron chi connectivity index (χ1n) is 9.00. The summed E-state index contributed by atoms with van der Waals surface area (Å²) >= 11 is 0. The molecule has 27 heavy (non-hydrogen) atoms. The van der Waals surface area contributed by atoms with Gasteiger partial charge in [0.1, 0.15) is 5.52 Å². The summed E-state index contributed by atoms with van der Waals surface area (Å²) in [5.74, 6) is -0.369. The number of esters is 1. The van der Waals surface area contributed by atoms with E-state index in [1.807, 2.05) is 22.8 Å². The predicted molar refractivity (Wildman–Crippen MR) is 96.9 cm³/mol. The van der Waals surface area contributed by atoms with Gasteiger partial charge in [-0.3, -0.25) is 9.59 Å². The Kier molecular flexibility index (Phi) is 3.67. The molecule has 0 radical (unpaired) electrons. The fraction of sp³-hybridized carbons (Fsp3) is 0.300. The molecule has 0 unspecified atom stereocenters. The van der Waals surface area contributed by atoms with Crippen molar-refractivity contribution in [1.82, 2.24) is 19.4 Å². The van der Waals surface area contributed by atoms with Crippen LogP contribution in [0, 0.1) is 11.8 Å². The largest absolute Gasteiger partial charge is 0.465 e. The average Bonchev–Trinajstić information content (AvgIpc) is 3.38. The fourth-order valence-corrected chi connectivity index (χ4v) is 3.91. The number of nitrogens with zero attached hydrogens (tertiary/aromatic N) is 4. The van der Waals surface area contributed by atoms with Crippen LogP contribution in [0.15, 0.2) is 48.9 Å². The van der Waals surface area contributed by atoms with Crippen LogP contribution in [-0.2, 0) is 16.1 Å². The summed E-state index contributed by atoms with van der Waals surface area (Å²) in [6.45, 7) is 2.06. The molecule has 5 rings (SSSR count). The Labute approximate surface area is 155 Å². The number of rotatable bonds is 3. The maximum atomic E-state index is 12.8. The third-order valence-electron chi connectivity index (χ3n) is 5.37. The number of likely N-dealkylation sites (tertiary alicyclic amines) is 1.